The molecule has 0 spiro atoms. The molecule has 25 heavy (non-hydrogen) atoms. The molecule has 1 aliphatic heterocycles. The van der Waals surface area contributed by atoms with Gasteiger partial charge in [-0.25, -0.2) is 0 Å². The van der Waals surface area contributed by atoms with Gasteiger partial charge in [-0.1, -0.05) is 46.3 Å². The summed E-state index contributed by atoms with van der Waals surface area (Å²) in [4.78, 5) is 14.9. The minimum atomic E-state index is -0.00199. The van der Waals surface area contributed by atoms with Crippen molar-refractivity contribution < 1.29 is 9.53 Å². The number of rotatable bonds is 4. The predicted octanol–water partition coefficient (Wildman–Crippen LogP) is 3.60. The molecule has 0 saturated carbocycles. The van der Waals surface area contributed by atoms with Gasteiger partial charge in [0, 0.05) is 29.7 Å². The first-order valence-electron chi connectivity index (χ1n) is 8.06. The zero-order valence-electron chi connectivity index (χ0n) is 14.1. The Morgan fingerprint density at radius 3 is 2.68 bits per heavy atom. The van der Waals surface area contributed by atoms with Gasteiger partial charge in [-0.05, 0) is 23.8 Å². The maximum Gasteiger partial charge on any atom is 0.227 e. The molecule has 0 bridgehead atoms. The van der Waals surface area contributed by atoms with Gasteiger partial charge in [-0.15, -0.1) is 12.4 Å². The molecule has 1 atom stereocenters. The van der Waals surface area contributed by atoms with E-state index in [1.807, 2.05) is 53.4 Å². The third-order valence-electron chi connectivity index (χ3n) is 4.33. The number of ether oxygens (including phenoxy) is 1. The molecule has 1 saturated heterocycles. The molecule has 134 valence electrons. The lowest BCUT2D eigenvalue weighted by molar-refractivity contribution is -0.133. The Morgan fingerprint density at radius 1 is 1.24 bits per heavy atom. The van der Waals surface area contributed by atoms with E-state index in [9.17, 15) is 4.79 Å². The van der Waals surface area contributed by atoms with Crippen molar-refractivity contribution in [2.24, 2.45) is 0 Å². The molecule has 3 rings (SSSR count). The Balaban J connectivity index is 0.00000225. The van der Waals surface area contributed by atoms with E-state index in [0.29, 0.717) is 13.0 Å². The van der Waals surface area contributed by atoms with E-state index >= 15 is 0 Å². The summed E-state index contributed by atoms with van der Waals surface area (Å²) in [6.07, 6.45) is 0.416. The Kier molecular flexibility index (Phi) is 7.29. The van der Waals surface area contributed by atoms with E-state index in [0.717, 1.165) is 34.4 Å². The Labute approximate surface area is 163 Å². The van der Waals surface area contributed by atoms with E-state index in [1.165, 1.54) is 0 Å². The topological polar surface area (TPSA) is 41.6 Å². The number of para-hydroxylation sites is 1. The minimum Gasteiger partial charge on any atom is -0.496 e. The highest BCUT2D eigenvalue weighted by atomic mass is 79.9. The smallest absolute Gasteiger partial charge is 0.227 e. The third kappa shape index (κ3) is 4.75. The van der Waals surface area contributed by atoms with Crippen molar-refractivity contribution in [3.05, 3.63) is 64.1 Å². The van der Waals surface area contributed by atoms with Crippen LogP contribution in [0.15, 0.2) is 53.0 Å². The number of benzene rings is 2. The maximum absolute atomic E-state index is 12.9. The van der Waals surface area contributed by atoms with Crippen molar-refractivity contribution in [1.29, 1.82) is 0 Å². The zero-order chi connectivity index (χ0) is 16.9. The molecule has 0 radical (unpaired) electrons. The van der Waals surface area contributed by atoms with Crippen LogP contribution in [0, 0.1) is 0 Å². The van der Waals surface area contributed by atoms with Gasteiger partial charge in [0.1, 0.15) is 5.75 Å². The molecular weight excluding hydrogens is 404 g/mol. The van der Waals surface area contributed by atoms with Crippen LogP contribution in [-0.4, -0.2) is 37.6 Å². The van der Waals surface area contributed by atoms with E-state index in [1.54, 1.807) is 7.11 Å². The predicted molar refractivity (Wildman–Crippen MR) is 105 cm³/mol. The van der Waals surface area contributed by atoms with Crippen LogP contribution in [0.5, 0.6) is 5.75 Å². The largest absolute Gasteiger partial charge is 0.496 e. The molecule has 1 unspecified atom stereocenters. The summed E-state index contributed by atoms with van der Waals surface area (Å²) in [5, 5.41) is 3.39. The van der Waals surface area contributed by atoms with Crippen molar-refractivity contribution in [3.63, 3.8) is 0 Å². The molecule has 1 amide bonds. The van der Waals surface area contributed by atoms with Crippen molar-refractivity contribution in [2.75, 3.05) is 26.7 Å². The number of hydrogen-bond acceptors (Lipinski definition) is 3. The average Bonchev–Trinajstić information content (AvgIpc) is 2.63. The highest BCUT2D eigenvalue weighted by Gasteiger charge is 2.29. The van der Waals surface area contributed by atoms with E-state index in [2.05, 4.69) is 21.2 Å². The third-order valence-corrected chi connectivity index (χ3v) is 4.86. The summed E-state index contributed by atoms with van der Waals surface area (Å²) < 4.78 is 6.51. The van der Waals surface area contributed by atoms with E-state index in [-0.39, 0.29) is 24.4 Å². The molecule has 1 aliphatic rings. The molecule has 0 aromatic heterocycles. The summed E-state index contributed by atoms with van der Waals surface area (Å²) in [6, 6.07) is 15.8. The van der Waals surface area contributed by atoms with Crippen LogP contribution in [0.2, 0.25) is 0 Å². The van der Waals surface area contributed by atoms with Crippen LogP contribution < -0.4 is 10.1 Å². The number of hydrogen-bond donors (Lipinski definition) is 1. The standard InChI is InChI=1S/C19H21BrN2O2.ClH/c1-24-18-5-3-2-4-16(18)17-13-21-10-11-22(17)19(23)12-14-6-8-15(20)9-7-14;/h2-9,17,21H,10-13H2,1H3;1H. The van der Waals surface area contributed by atoms with Gasteiger partial charge in [-0.2, -0.15) is 0 Å². The first-order valence-corrected chi connectivity index (χ1v) is 8.86. The Hall–Kier alpha value is -1.56. The highest BCUT2D eigenvalue weighted by molar-refractivity contribution is 9.10. The number of nitrogens with one attached hydrogen (secondary N) is 1. The second-order valence-electron chi connectivity index (χ2n) is 5.85. The lowest BCUT2D eigenvalue weighted by Crippen LogP contribution is -2.49. The highest BCUT2D eigenvalue weighted by Crippen LogP contribution is 2.30. The molecule has 6 heteroatoms. The lowest BCUT2D eigenvalue weighted by atomic mass is 10.0. The molecule has 0 aliphatic carbocycles. The molecular formula is C19H22BrClN2O2. The van der Waals surface area contributed by atoms with E-state index in [4.69, 9.17) is 4.74 Å². The molecule has 4 nitrogen and oxygen atoms in total. The number of nitrogens with zero attached hydrogens (tertiary/aromatic N) is 1. The second kappa shape index (κ2) is 9.22. The molecule has 2 aromatic rings. The fraction of sp³-hybridized carbons (Fsp3) is 0.316. The Morgan fingerprint density at radius 2 is 1.96 bits per heavy atom. The SMILES string of the molecule is COc1ccccc1C1CNCCN1C(=O)Cc1ccc(Br)cc1.Cl. The lowest BCUT2D eigenvalue weighted by Gasteiger charge is -2.37. The average molecular weight is 426 g/mol. The minimum absolute atomic E-state index is 0. The van der Waals surface area contributed by atoms with Crippen molar-refractivity contribution >= 4 is 34.2 Å². The van der Waals surface area contributed by atoms with Crippen LogP contribution in [-0.2, 0) is 11.2 Å². The van der Waals surface area contributed by atoms with Crippen LogP contribution in [0.4, 0.5) is 0 Å². The first kappa shape index (κ1) is 19.8. The van der Waals surface area contributed by atoms with Crippen LogP contribution in [0.25, 0.3) is 0 Å². The van der Waals surface area contributed by atoms with Crippen molar-refractivity contribution in [1.82, 2.24) is 10.2 Å². The van der Waals surface area contributed by atoms with Crippen molar-refractivity contribution in [2.45, 2.75) is 12.5 Å². The Bertz CT molecular complexity index is 709. The number of carbonyl (C=O) groups excluding carboxylic acids is 1. The normalized spacial score (nSPS) is 16.9. The summed E-state index contributed by atoms with van der Waals surface area (Å²) in [7, 11) is 1.67. The van der Waals surface area contributed by atoms with Crippen molar-refractivity contribution in [3.8, 4) is 5.75 Å². The number of carbonyl (C=O) groups is 1. The molecule has 1 heterocycles. The van der Waals surface area contributed by atoms with Gasteiger partial charge in [0.15, 0.2) is 0 Å². The van der Waals surface area contributed by atoms with Gasteiger partial charge < -0.3 is 15.0 Å². The first-order chi connectivity index (χ1) is 11.7. The number of piperazine rings is 1. The molecule has 1 fully saturated rings. The van der Waals surface area contributed by atoms with Gasteiger partial charge in [0.25, 0.3) is 0 Å². The maximum atomic E-state index is 12.9. The van der Waals surface area contributed by atoms with Gasteiger partial charge >= 0.3 is 0 Å². The van der Waals surface area contributed by atoms with Gasteiger partial charge in [0.2, 0.25) is 5.91 Å². The quantitative estimate of drug-likeness (QED) is 0.814. The second-order valence-corrected chi connectivity index (χ2v) is 6.77. The zero-order valence-corrected chi connectivity index (χ0v) is 16.5. The fourth-order valence-electron chi connectivity index (χ4n) is 3.10. The van der Waals surface area contributed by atoms with Gasteiger partial charge in [-0.3, -0.25) is 4.79 Å². The summed E-state index contributed by atoms with van der Waals surface area (Å²) in [6.45, 7) is 2.27. The fourth-order valence-corrected chi connectivity index (χ4v) is 3.37. The number of methoxy groups -OCH3 is 1. The van der Waals surface area contributed by atoms with Crippen LogP contribution in [0.3, 0.4) is 0 Å². The molecule has 2 aromatic carbocycles. The summed E-state index contributed by atoms with van der Waals surface area (Å²) >= 11 is 3.43. The van der Waals surface area contributed by atoms with Gasteiger partial charge in [0.05, 0.1) is 19.6 Å². The summed E-state index contributed by atoms with van der Waals surface area (Å²) in [5.74, 6) is 0.974. The van der Waals surface area contributed by atoms with E-state index < -0.39 is 0 Å². The molecule has 1 N–H and O–H groups in total. The van der Waals surface area contributed by atoms with Crippen LogP contribution in [0.1, 0.15) is 17.2 Å². The van der Waals surface area contributed by atoms with Crippen LogP contribution >= 0.6 is 28.3 Å². The number of amides is 1. The monoisotopic (exact) mass is 424 g/mol. The number of halogens is 2. The summed E-state index contributed by atoms with van der Waals surface area (Å²) in [5.41, 5.74) is 2.08.